The third kappa shape index (κ3) is 9.36. The van der Waals surface area contributed by atoms with E-state index >= 15 is 0 Å². The Morgan fingerprint density at radius 2 is 1.48 bits per heavy atom. The van der Waals surface area contributed by atoms with Gasteiger partial charge in [-0.3, -0.25) is 4.79 Å². The molecule has 0 amide bonds. The quantitative estimate of drug-likeness (QED) is 0.137. The summed E-state index contributed by atoms with van der Waals surface area (Å²) in [7, 11) is 0. The molecule has 156 valence electrons. The molecule has 0 aliphatic rings. The maximum atomic E-state index is 12.3. The van der Waals surface area contributed by atoms with Crippen molar-refractivity contribution >= 4 is 23.6 Å². The van der Waals surface area contributed by atoms with Crippen molar-refractivity contribution in [2.75, 3.05) is 12.9 Å². The van der Waals surface area contributed by atoms with Crippen molar-refractivity contribution in [2.24, 2.45) is 0 Å². The highest BCUT2D eigenvalue weighted by molar-refractivity contribution is 7.98. The maximum Gasteiger partial charge on any atom is 0.185 e. The van der Waals surface area contributed by atoms with Crippen LogP contribution in [0.2, 0.25) is 0 Å². The van der Waals surface area contributed by atoms with Crippen molar-refractivity contribution in [3.05, 3.63) is 65.7 Å². The highest BCUT2D eigenvalue weighted by Gasteiger charge is 2.02. The van der Waals surface area contributed by atoms with E-state index in [-0.39, 0.29) is 5.78 Å². The number of rotatable bonds is 14. The summed E-state index contributed by atoms with van der Waals surface area (Å²) in [6.45, 7) is 3.00. The van der Waals surface area contributed by atoms with Crippen LogP contribution < -0.4 is 4.74 Å². The zero-order valence-corrected chi connectivity index (χ0v) is 18.7. The zero-order valence-electron chi connectivity index (χ0n) is 17.9. The number of ketones is 1. The van der Waals surface area contributed by atoms with Crippen LogP contribution in [-0.4, -0.2) is 18.6 Å². The Labute approximate surface area is 180 Å². The van der Waals surface area contributed by atoms with E-state index in [0.29, 0.717) is 5.56 Å². The molecule has 0 heterocycles. The van der Waals surface area contributed by atoms with E-state index in [0.717, 1.165) is 24.3 Å². The predicted molar refractivity (Wildman–Crippen MR) is 126 cm³/mol. The smallest absolute Gasteiger partial charge is 0.185 e. The fourth-order valence-corrected chi connectivity index (χ4v) is 3.53. The van der Waals surface area contributed by atoms with Crippen LogP contribution in [0.3, 0.4) is 0 Å². The Morgan fingerprint density at radius 3 is 2.10 bits per heavy atom. The van der Waals surface area contributed by atoms with E-state index in [4.69, 9.17) is 4.74 Å². The molecule has 0 fully saturated rings. The fourth-order valence-electron chi connectivity index (χ4n) is 3.12. The molecule has 0 unspecified atom stereocenters. The topological polar surface area (TPSA) is 26.3 Å². The predicted octanol–water partition coefficient (Wildman–Crippen LogP) is 7.82. The van der Waals surface area contributed by atoms with E-state index < -0.39 is 0 Å². The molecule has 2 aromatic rings. The van der Waals surface area contributed by atoms with Crippen LogP contribution in [0.5, 0.6) is 5.75 Å². The minimum Gasteiger partial charge on any atom is -0.494 e. The van der Waals surface area contributed by atoms with Crippen LogP contribution >= 0.6 is 11.8 Å². The van der Waals surface area contributed by atoms with E-state index in [1.165, 1.54) is 49.8 Å². The number of hydrogen-bond donors (Lipinski definition) is 0. The first-order chi connectivity index (χ1) is 14.2. The number of ether oxygens (including phenoxy) is 1. The molecule has 0 radical (unpaired) electrons. The van der Waals surface area contributed by atoms with Gasteiger partial charge in [-0.15, -0.1) is 11.8 Å². The van der Waals surface area contributed by atoms with Crippen LogP contribution in [0.25, 0.3) is 6.08 Å². The van der Waals surface area contributed by atoms with Gasteiger partial charge in [-0.25, -0.2) is 0 Å². The second kappa shape index (κ2) is 14.1. The van der Waals surface area contributed by atoms with Gasteiger partial charge in [-0.1, -0.05) is 70.1 Å². The molecule has 0 saturated carbocycles. The average molecular weight is 411 g/mol. The first-order valence-electron chi connectivity index (χ1n) is 10.8. The fraction of sp³-hybridized carbons (Fsp3) is 0.423. The first kappa shape index (κ1) is 23.3. The van der Waals surface area contributed by atoms with Gasteiger partial charge in [0.1, 0.15) is 5.75 Å². The minimum atomic E-state index is 0.00793. The number of carbonyl (C=O) groups is 1. The molecule has 0 aliphatic carbocycles. The third-order valence-electron chi connectivity index (χ3n) is 4.95. The van der Waals surface area contributed by atoms with Crippen molar-refractivity contribution < 1.29 is 9.53 Å². The van der Waals surface area contributed by atoms with Gasteiger partial charge < -0.3 is 4.74 Å². The Morgan fingerprint density at radius 1 is 0.862 bits per heavy atom. The summed E-state index contributed by atoms with van der Waals surface area (Å²) in [5.41, 5.74) is 1.71. The molecule has 0 spiro atoms. The molecule has 3 heteroatoms. The molecule has 2 nitrogen and oxygen atoms in total. The van der Waals surface area contributed by atoms with Crippen LogP contribution in [0.1, 0.15) is 74.2 Å². The summed E-state index contributed by atoms with van der Waals surface area (Å²) in [6.07, 6.45) is 15.9. The van der Waals surface area contributed by atoms with E-state index in [2.05, 4.69) is 25.3 Å². The maximum absolute atomic E-state index is 12.3. The molecule has 2 aromatic carbocycles. The van der Waals surface area contributed by atoms with E-state index in [1.54, 1.807) is 17.8 Å². The number of unbranched alkanes of at least 4 members (excludes halogenated alkanes) is 7. The van der Waals surface area contributed by atoms with Crippen LogP contribution in [0, 0.1) is 0 Å². The summed E-state index contributed by atoms with van der Waals surface area (Å²) in [5.74, 6) is 0.842. The molecule has 2 rings (SSSR count). The largest absolute Gasteiger partial charge is 0.494 e. The number of benzene rings is 2. The van der Waals surface area contributed by atoms with Crippen molar-refractivity contribution in [3.63, 3.8) is 0 Å². The lowest BCUT2D eigenvalue weighted by molar-refractivity contribution is 0.104. The van der Waals surface area contributed by atoms with E-state index in [1.807, 2.05) is 42.5 Å². The average Bonchev–Trinajstić information content (AvgIpc) is 2.77. The monoisotopic (exact) mass is 410 g/mol. The van der Waals surface area contributed by atoms with Gasteiger partial charge in [0.25, 0.3) is 0 Å². The number of hydrogen-bond acceptors (Lipinski definition) is 3. The Balaban J connectivity index is 1.68. The lowest BCUT2D eigenvalue weighted by Crippen LogP contribution is -1.99. The van der Waals surface area contributed by atoms with Gasteiger partial charge in [-0.05, 0) is 60.7 Å². The lowest BCUT2D eigenvalue weighted by atomic mass is 10.1. The summed E-state index contributed by atoms with van der Waals surface area (Å²) < 4.78 is 5.81. The summed E-state index contributed by atoms with van der Waals surface area (Å²) in [5, 5.41) is 0. The minimum absolute atomic E-state index is 0.00793. The van der Waals surface area contributed by atoms with Gasteiger partial charge in [0.15, 0.2) is 5.78 Å². The Hall–Kier alpha value is -2.00. The van der Waals surface area contributed by atoms with Gasteiger partial charge >= 0.3 is 0 Å². The van der Waals surface area contributed by atoms with Gasteiger partial charge in [0.05, 0.1) is 6.61 Å². The van der Waals surface area contributed by atoms with Crippen molar-refractivity contribution in [2.45, 2.75) is 63.2 Å². The highest BCUT2D eigenvalue weighted by Crippen LogP contribution is 2.17. The Kier molecular flexibility index (Phi) is 11.3. The number of thioether (sulfide) groups is 1. The van der Waals surface area contributed by atoms with Crippen LogP contribution in [0.15, 0.2) is 59.5 Å². The number of allylic oxidation sites excluding steroid dienone is 1. The van der Waals surface area contributed by atoms with Crippen LogP contribution in [0.4, 0.5) is 0 Å². The van der Waals surface area contributed by atoms with Gasteiger partial charge in [0, 0.05) is 10.5 Å². The summed E-state index contributed by atoms with van der Waals surface area (Å²) >= 11 is 1.71. The second-order valence-electron chi connectivity index (χ2n) is 7.32. The standard InChI is InChI=1S/C26H34O2S/c1-3-4-5-6-7-8-9-10-21-28-24-16-14-23(15-17-24)26(27)20-13-22-11-18-25(29-2)19-12-22/h11-20H,3-10,21H2,1-2H3/b20-13+. The first-order valence-corrected chi connectivity index (χ1v) is 12.0. The molecule has 0 N–H and O–H groups in total. The zero-order chi connectivity index (χ0) is 20.7. The molecule has 29 heavy (non-hydrogen) atoms. The molecular weight excluding hydrogens is 376 g/mol. The highest BCUT2D eigenvalue weighted by atomic mass is 32.2. The van der Waals surface area contributed by atoms with Gasteiger partial charge in [-0.2, -0.15) is 0 Å². The molecule has 0 aliphatic heterocycles. The summed E-state index contributed by atoms with van der Waals surface area (Å²) in [4.78, 5) is 13.6. The molecule has 0 bridgehead atoms. The normalized spacial score (nSPS) is 11.1. The molecule has 0 saturated heterocycles. The van der Waals surface area contributed by atoms with Crippen molar-refractivity contribution in [1.29, 1.82) is 0 Å². The molecule has 0 atom stereocenters. The third-order valence-corrected chi connectivity index (χ3v) is 5.69. The van der Waals surface area contributed by atoms with Crippen LogP contribution in [-0.2, 0) is 0 Å². The lowest BCUT2D eigenvalue weighted by Gasteiger charge is -2.07. The summed E-state index contributed by atoms with van der Waals surface area (Å²) in [6, 6.07) is 15.6. The van der Waals surface area contributed by atoms with Gasteiger partial charge in [0.2, 0.25) is 0 Å². The SMILES string of the molecule is CCCCCCCCCCOc1ccc(C(=O)/C=C/c2ccc(SC)cc2)cc1. The second-order valence-corrected chi connectivity index (χ2v) is 8.20. The number of carbonyl (C=O) groups excluding carboxylic acids is 1. The molecule has 0 aromatic heterocycles. The van der Waals surface area contributed by atoms with Crippen molar-refractivity contribution in [1.82, 2.24) is 0 Å². The Bertz CT molecular complexity index is 732. The molecular formula is C26H34O2S. The van der Waals surface area contributed by atoms with Crippen molar-refractivity contribution in [3.8, 4) is 5.75 Å². The van der Waals surface area contributed by atoms with E-state index in [9.17, 15) is 4.79 Å².